The van der Waals surface area contributed by atoms with E-state index in [2.05, 4.69) is 10.6 Å². The highest BCUT2D eigenvalue weighted by molar-refractivity contribution is 6.24. The molecular weight excluding hydrogens is 378 g/mol. The van der Waals surface area contributed by atoms with Gasteiger partial charge in [0.1, 0.15) is 6.04 Å². The first kappa shape index (κ1) is 20.5. The van der Waals surface area contributed by atoms with Crippen molar-refractivity contribution in [3.63, 3.8) is 0 Å². The lowest BCUT2D eigenvalue weighted by Gasteiger charge is -2.27. The number of fused-ring (bicyclic) bond motifs is 1. The van der Waals surface area contributed by atoms with E-state index in [0.29, 0.717) is 24.1 Å². The zero-order valence-electron chi connectivity index (χ0n) is 15.9. The van der Waals surface area contributed by atoms with E-state index in [1.54, 1.807) is 12.1 Å². The third-order valence-corrected chi connectivity index (χ3v) is 5.20. The summed E-state index contributed by atoms with van der Waals surface area (Å²) in [4.78, 5) is 60.6. The minimum atomic E-state index is -1.03. The lowest BCUT2D eigenvalue weighted by atomic mass is 9.97. The molecule has 2 aliphatic heterocycles. The molecule has 2 heterocycles. The first-order chi connectivity index (χ1) is 13.9. The molecule has 2 aliphatic rings. The molecular formula is C20H23N3O6. The SMILES string of the molecule is O=C(O)NCCCCCCc1cccc2c1C(=O)N(C1CCC(=O)NC1=O)C2=O. The number of amides is 5. The number of rotatable bonds is 8. The van der Waals surface area contributed by atoms with E-state index in [9.17, 15) is 24.0 Å². The highest BCUT2D eigenvalue weighted by Gasteiger charge is 2.45. The van der Waals surface area contributed by atoms with Gasteiger partial charge in [0, 0.05) is 13.0 Å². The summed E-state index contributed by atoms with van der Waals surface area (Å²) in [6, 6.07) is 4.16. The van der Waals surface area contributed by atoms with Gasteiger partial charge in [-0.1, -0.05) is 25.0 Å². The van der Waals surface area contributed by atoms with Crippen LogP contribution in [0.1, 0.15) is 64.8 Å². The van der Waals surface area contributed by atoms with Gasteiger partial charge in [0.05, 0.1) is 11.1 Å². The highest BCUT2D eigenvalue weighted by atomic mass is 16.4. The van der Waals surface area contributed by atoms with E-state index < -0.39 is 35.8 Å². The van der Waals surface area contributed by atoms with Crippen LogP contribution in [0.25, 0.3) is 0 Å². The zero-order chi connectivity index (χ0) is 21.0. The first-order valence-corrected chi connectivity index (χ1v) is 9.70. The van der Waals surface area contributed by atoms with Crippen LogP contribution in [0.5, 0.6) is 0 Å². The van der Waals surface area contributed by atoms with Crippen LogP contribution in [0, 0.1) is 0 Å². The van der Waals surface area contributed by atoms with Gasteiger partial charge >= 0.3 is 6.09 Å². The topological polar surface area (TPSA) is 133 Å². The molecule has 0 aromatic heterocycles. The molecule has 1 atom stereocenters. The molecule has 0 aliphatic carbocycles. The minimum Gasteiger partial charge on any atom is -0.465 e. The molecule has 3 rings (SSSR count). The molecule has 1 aromatic rings. The smallest absolute Gasteiger partial charge is 0.404 e. The average molecular weight is 401 g/mol. The Labute approximate surface area is 167 Å². The molecule has 1 unspecified atom stereocenters. The van der Waals surface area contributed by atoms with E-state index in [1.807, 2.05) is 6.07 Å². The Morgan fingerprint density at radius 1 is 1.10 bits per heavy atom. The lowest BCUT2D eigenvalue weighted by Crippen LogP contribution is -2.54. The minimum absolute atomic E-state index is 0.0907. The van der Waals surface area contributed by atoms with Gasteiger partial charge in [-0.25, -0.2) is 4.79 Å². The molecule has 1 aromatic carbocycles. The largest absolute Gasteiger partial charge is 0.465 e. The van der Waals surface area contributed by atoms with Crippen molar-refractivity contribution in [1.82, 2.24) is 15.5 Å². The van der Waals surface area contributed by atoms with Crippen molar-refractivity contribution >= 4 is 29.7 Å². The monoisotopic (exact) mass is 401 g/mol. The summed E-state index contributed by atoms with van der Waals surface area (Å²) in [6.45, 7) is 0.407. The number of imide groups is 2. The van der Waals surface area contributed by atoms with E-state index in [1.165, 1.54) is 0 Å². The third-order valence-electron chi connectivity index (χ3n) is 5.20. The molecule has 0 bridgehead atoms. The zero-order valence-corrected chi connectivity index (χ0v) is 15.9. The molecule has 9 nitrogen and oxygen atoms in total. The van der Waals surface area contributed by atoms with Crippen LogP contribution in [0.3, 0.4) is 0 Å². The number of aryl methyl sites for hydroxylation is 1. The summed E-state index contributed by atoms with van der Waals surface area (Å²) in [7, 11) is 0. The van der Waals surface area contributed by atoms with E-state index in [0.717, 1.165) is 36.1 Å². The van der Waals surface area contributed by atoms with E-state index in [-0.39, 0.29) is 12.8 Å². The Balaban J connectivity index is 1.63. The standard InChI is InChI=1S/C20H23N3O6/c24-15-10-9-14(17(25)22-15)23-18(26)13-8-5-7-12(16(13)19(23)27)6-3-1-2-4-11-21-20(28)29/h5,7-8,14,21H,1-4,6,9-11H2,(H,28,29)(H,22,24,25). The fraction of sp³-hybridized carbons (Fsp3) is 0.450. The predicted octanol–water partition coefficient (Wildman–Crippen LogP) is 1.46. The van der Waals surface area contributed by atoms with Crippen molar-refractivity contribution in [3.8, 4) is 0 Å². The van der Waals surface area contributed by atoms with Gasteiger partial charge in [0.2, 0.25) is 11.8 Å². The molecule has 0 spiro atoms. The van der Waals surface area contributed by atoms with Gasteiger partial charge in [-0.3, -0.25) is 29.4 Å². The Morgan fingerprint density at radius 2 is 1.86 bits per heavy atom. The van der Waals surface area contributed by atoms with Crippen LogP contribution in [0.15, 0.2) is 18.2 Å². The summed E-state index contributed by atoms with van der Waals surface area (Å²) >= 11 is 0. The van der Waals surface area contributed by atoms with Crippen molar-refractivity contribution in [2.24, 2.45) is 0 Å². The second kappa shape index (κ2) is 8.85. The molecule has 9 heteroatoms. The van der Waals surface area contributed by atoms with Crippen LogP contribution >= 0.6 is 0 Å². The van der Waals surface area contributed by atoms with Gasteiger partial charge in [0.25, 0.3) is 11.8 Å². The van der Waals surface area contributed by atoms with Crippen LogP contribution in [-0.4, -0.2) is 52.3 Å². The highest BCUT2D eigenvalue weighted by Crippen LogP contribution is 2.30. The number of hydrogen-bond donors (Lipinski definition) is 3. The molecule has 154 valence electrons. The molecule has 5 amide bonds. The predicted molar refractivity (Wildman–Crippen MR) is 101 cm³/mol. The van der Waals surface area contributed by atoms with Gasteiger partial charge in [0.15, 0.2) is 0 Å². The first-order valence-electron chi connectivity index (χ1n) is 9.70. The Morgan fingerprint density at radius 3 is 2.59 bits per heavy atom. The number of unbranched alkanes of at least 4 members (excludes halogenated alkanes) is 3. The van der Waals surface area contributed by atoms with Gasteiger partial charge in [-0.15, -0.1) is 0 Å². The number of benzene rings is 1. The maximum atomic E-state index is 13.0. The second-order valence-corrected chi connectivity index (χ2v) is 7.18. The second-order valence-electron chi connectivity index (χ2n) is 7.18. The van der Waals surface area contributed by atoms with E-state index >= 15 is 0 Å². The number of carboxylic acid groups (broad SMARTS) is 1. The molecule has 0 saturated carbocycles. The van der Waals surface area contributed by atoms with Crippen LogP contribution in [0.4, 0.5) is 4.79 Å². The maximum absolute atomic E-state index is 13.0. The fourth-order valence-corrected chi connectivity index (χ4v) is 3.78. The van der Waals surface area contributed by atoms with E-state index in [4.69, 9.17) is 5.11 Å². The summed E-state index contributed by atoms with van der Waals surface area (Å²) in [5.74, 6) is -2.00. The number of carbonyl (C=O) groups excluding carboxylic acids is 4. The third kappa shape index (κ3) is 4.44. The van der Waals surface area contributed by atoms with Crippen molar-refractivity contribution < 1.29 is 29.1 Å². The quantitative estimate of drug-likeness (QED) is 0.446. The number of hydrogen-bond acceptors (Lipinski definition) is 5. The normalized spacial score (nSPS) is 18.6. The summed E-state index contributed by atoms with van der Waals surface area (Å²) < 4.78 is 0. The van der Waals surface area contributed by atoms with Crippen LogP contribution in [-0.2, 0) is 16.0 Å². The molecule has 1 fully saturated rings. The van der Waals surface area contributed by atoms with Crippen molar-refractivity contribution in [1.29, 1.82) is 0 Å². The van der Waals surface area contributed by atoms with Crippen molar-refractivity contribution in [2.45, 2.75) is 51.0 Å². The maximum Gasteiger partial charge on any atom is 0.404 e. The number of nitrogens with one attached hydrogen (secondary N) is 2. The number of carbonyl (C=O) groups is 5. The number of piperidine rings is 1. The van der Waals surface area contributed by atoms with Crippen LogP contribution < -0.4 is 10.6 Å². The Kier molecular flexibility index (Phi) is 6.26. The van der Waals surface area contributed by atoms with Gasteiger partial charge in [-0.2, -0.15) is 0 Å². The molecule has 29 heavy (non-hydrogen) atoms. The molecule has 3 N–H and O–H groups in total. The van der Waals surface area contributed by atoms with Gasteiger partial charge < -0.3 is 10.4 Å². The fourth-order valence-electron chi connectivity index (χ4n) is 3.78. The van der Waals surface area contributed by atoms with Crippen LogP contribution in [0.2, 0.25) is 0 Å². The van der Waals surface area contributed by atoms with Crippen molar-refractivity contribution in [3.05, 3.63) is 34.9 Å². The Bertz CT molecular complexity index is 866. The van der Waals surface area contributed by atoms with Crippen molar-refractivity contribution in [2.75, 3.05) is 6.54 Å². The number of nitrogens with zero attached hydrogens (tertiary/aromatic N) is 1. The summed E-state index contributed by atoms with van der Waals surface area (Å²) in [5.41, 5.74) is 1.40. The summed E-state index contributed by atoms with van der Waals surface area (Å²) in [6.07, 6.45) is 3.05. The average Bonchev–Trinajstić information content (AvgIpc) is 2.92. The lowest BCUT2D eigenvalue weighted by molar-refractivity contribution is -0.136. The Hall–Kier alpha value is -3.23. The summed E-state index contributed by atoms with van der Waals surface area (Å²) in [5, 5.41) is 13.0. The molecule has 1 saturated heterocycles. The van der Waals surface area contributed by atoms with Gasteiger partial charge in [-0.05, 0) is 37.3 Å². The molecule has 0 radical (unpaired) electrons.